The lowest BCUT2D eigenvalue weighted by Crippen LogP contribution is -2.70. The van der Waals surface area contributed by atoms with E-state index in [9.17, 15) is 0 Å². The molecule has 0 aromatic carbocycles. The van der Waals surface area contributed by atoms with Gasteiger partial charge in [-0.1, -0.05) is 27.7 Å². The van der Waals surface area contributed by atoms with Crippen LogP contribution in [0.3, 0.4) is 0 Å². The zero-order valence-corrected chi connectivity index (χ0v) is 13.8. The summed E-state index contributed by atoms with van der Waals surface area (Å²) in [6, 6.07) is 0. The van der Waals surface area contributed by atoms with Gasteiger partial charge in [-0.25, -0.2) is 0 Å². The molecule has 0 N–H and O–H groups in total. The molecule has 1 aliphatic heterocycles. The van der Waals surface area contributed by atoms with Crippen molar-refractivity contribution in [3.8, 4) is 0 Å². The van der Waals surface area contributed by atoms with Crippen molar-refractivity contribution < 1.29 is 18.9 Å². The lowest BCUT2D eigenvalue weighted by Gasteiger charge is -2.58. The molecular weight excluding hydrogens is 256 g/mol. The number of rotatable bonds is 4. The standard InChI is InChI=1S/C16H30O4/c1-11(2)13-14(12(3)4)20-16(18-6)10-8-7-9-15(16,17-5)19-13/h11-14H,7-10H2,1-6H3/t13-,14-,15-,16-/m1/s1. The summed E-state index contributed by atoms with van der Waals surface area (Å²) in [5.41, 5.74) is 0. The lowest BCUT2D eigenvalue weighted by molar-refractivity contribution is -0.476. The molecule has 0 aromatic heterocycles. The highest BCUT2D eigenvalue weighted by Gasteiger charge is 2.63. The average Bonchev–Trinajstić information content (AvgIpc) is 2.45. The molecule has 4 nitrogen and oxygen atoms in total. The van der Waals surface area contributed by atoms with Crippen molar-refractivity contribution in [3.05, 3.63) is 0 Å². The summed E-state index contributed by atoms with van der Waals surface area (Å²) in [4.78, 5) is 0. The summed E-state index contributed by atoms with van der Waals surface area (Å²) in [6.07, 6.45) is 3.89. The lowest BCUT2D eigenvalue weighted by atomic mass is 9.82. The molecule has 1 saturated heterocycles. The van der Waals surface area contributed by atoms with Gasteiger partial charge in [0.25, 0.3) is 0 Å². The van der Waals surface area contributed by atoms with Crippen LogP contribution in [0.5, 0.6) is 0 Å². The van der Waals surface area contributed by atoms with Gasteiger partial charge in [-0.3, -0.25) is 0 Å². The van der Waals surface area contributed by atoms with Crippen molar-refractivity contribution in [3.63, 3.8) is 0 Å². The molecule has 1 heterocycles. The summed E-state index contributed by atoms with van der Waals surface area (Å²) < 4.78 is 24.6. The predicted molar refractivity (Wildman–Crippen MR) is 77.4 cm³/mol. The monoisotopic (exact) mass is 286 g/mol. The first-order valence-electron chi connectivity index (χ1n) is 7.87. The molecular formula is C16H30O4. The van der Waals surface area contributed by atoms with Gasteiger partial charge in [-0.2, -0.15) is 0 Å². The van der Waals surface area contributed by atoms with Crippen LogP contribution in [0.25, 0.3) is 0 Å². The van der Waals surface area contributed by atoms with E-state index in [1.807, 2.05) is 0 Å². The average molecular weight is 286 g/mol. The zero-order chi connectivity index (χ0) is 15.0. The van der Waals surface area contributed by atoms with E-state index in [4.69, 9.17) is 18.9 Å². The van der Waals surface area contributed by atoms with Crippen LogP contribution >= 0.6 is 0 Å². The highest BCUT2D eigenvalue weighted by atomic mass is 16.8. The predicted octanol–water partition coefficient (Wildman–Crippen LogP) is 3.34. The number of fused-ring (bicyclic) bond motifs is 1. The van der Waals surface area contributed by atoms with Gasteiger partial charge in [0.1, 0.15) is 0 Å². The largest absolute Gasteiger partial charge is 0.349 e. The van der Waals surface area contributed by atoms with Gasteiger partial charge in [0.15, 0.2) is 0 Å². The molecule has 0 amide bonds. The summed E-state index contributed by atoms with van der Waals surface area (Å²) in [5, 5.41) is 0. The Hall–Kier alpha value is -0.160. The summed E-state index contributed by atoms with van der Waals surface area (Å²) >= 11 is 0. The van der Waals surface area contributed by atoms with Gasteiger partial charge in [0.2, 0.25) is 11.6 Å². The van der Waals surface area contributed by atoms with Crippen molar-refractivity contribution in [1.82, 2.24) is 0 Å². The Balaban J connectivity index is 2.37. The van der Waals surface area contributed by atoms with Gasteiger partial charge in [0, 0.05) is 27.1 Å². The Morgan fingerprint density at radius 2 is 1.15 bits per heavy atom. The molecule has 4 atom stereocenters. The fraction of sp³-hybridized carbons (Fsp3) is 1.00. The minimum absolute atomic E-state index is 0.0383. The smallest absolute Gasteiger partial charge is 0.223 e. The van der Waals surface area contributed by atoms with Gasteiger partial charge in [-0.15, -0.1) is 0 Å². The molecule has 0 radical (unpaired) electrons. The molecule has 2 aliphatic rings. The second-order valence-corrected chi connectivity index (χ2v) is 6.77. The first-order chi connectivity index (χ1) is 9.41. The quantitative estimate of drug-likeness (QED) is 0.794. The van der Waals surface area contributed by atoms with Crippen LogP contribution in [0, 0.1) is 11.8 Å². The van der Waals surface area contributed by atoms with Crippen LogP contribution in [0.2, 0.25) is 0 Å². The summed E-state index contributed by atoms with van der Waals surface area (Å²) in [7, 11) is 3.41. The molecule has 2 rings (SSSR count). The molecule has 118 valence electrons. The molecule has 4 heteroatoms. The van der Waals surface area contributed by atoms with Crippen molar-refractivity contribution in [1.29, 1.82) is 0 Å². The van der Waals surface area contributed by atoms with Crippen LogP contribution in [-0.2, 0) is 18.9 Å². The van der Waals surface area contributed by atoms with Crippen molar-refractivity contribution in [2.75, 3.05) is 14.2 Å². The number of hydrogen-bond donors (Lipinski definition) is 0. The van der Waals surface area contributed by atoms with Gasteiger partial charge < -0.3 is 18.9 Å². The molecule has 0 spiro atoms. The van der Waals surface area contributed by atoms with Crippen LogP contribution in [0.4, 0.5) is 0 Å². The fourth-order valence-electron chi connectivity index (χ4n) is 3.61. The second kappa shape index (κ2) is 5.91. The van der Waals surface area contributed by atoms with Crippen LogP contribution < -0.4 is 0 Å². The highest BCUT2D eigenvalue weighted by Crippen LogP contribution is 2.50. The zero-order valence-electron chi connectivity index (χ0n) is 13.8. The van der Waals surface area contributed by atoms with Crippen LogP contribution in [0.1, 0.15) is 53.4 Å². The Morgan fingerprint density at radius 3 is 1.40 bits per heavy atom. The number of methoxy groups -OCH3 is 2. The summed E-state index contributed by atoms with van der Waals surface area (Å²) in [5.74, 6) is -0.766. The third kappa shape index (κ3) is 2.41. The van der Waals surface area contributed by atoms with Crippen molar-refractivity contribution >= 4 is 0 Å². The van der Waals surface area contributed by atoms with E-state index in [1.165, 1.54) is 0 Å². The Kier molecular flexibility index (Phi) is 4.80. The minimum Gasteiger partial charge on any atom is -0.349 e. The highest BCUT2D eigenvalue weighted by molar-refractivity contribution is 5.00. The Bertz CT molecular complexity index is 298. The molecule has 1 saturated carbocycles. The first kappa shape index (κ1) is 16.2. The van der Waals surface area contributed by atoms with Crippen molar-refractivity contribution in [2.24, 2.45) is 11.8 Å². The molecule has 0 aromatic rings. The van der Waals surface area contributed by atoms with Gasteiger partial charge >= 0.3 is 0 Å². The maximum absolute atomic E-state index is 6.48. The van der Waals surface area contributed by atoms with E-state index in [1.54, 1.807) is 14.2 Å². The Labute approximate surface area is 123 Å². The van der Waals surface area contributed by atoms with Crippen LogP contribution in [-0.4, -0.2) is 38.0 Å². The molecule has 0 bridgehead atoms. The van der Waals surface area contributed by atoms with Crippen LogP contribution in [0.15, 0.2) is 0 Å². The normalized spacial score (nSPS) is 42.0. The van der Waals surface area contributed by atoms with E-state index in [2.05, 4.69) is 27.7 Å². The van der Waals surface area contributed by atoms with E-state index < -0.39 is 11.6 Å². The molecule has 1 aliphatic carbocycles. The van der Waals surface area contributed by atoms with E-state index in [0.717, 1.165) is 25.7 Å². The minimum atomic E-state index is -0.764. The van der Waals surface area contributed by atoms with E-state index >= 15 is 0 Å². The SMILES string of the molecule is CO[C@@]12CCCC[C@@]1(OC)O[C@H](C(C)C)[C@@H](C(C)C)O2. The maximum Gasteiger partial charge on any atom is 0.223 e. The number of hydrogen-bond acceptors (Lipinski definition) is 4. The Morgan fingerprint density at radius 1 is 0.800 bits per heavy atom. The first-order valence-corrected chi connectivity index (χ1v) is 7.87. The second-order valence-electron chi connectivity index (χ2n) is 6.77. The fourth-order valence-corrected chi connectivity index (χ4v) is 3.61. The maximum atomic E-state index is 6.48. The van der Waals surface area contributed by atoms with Crippen molar-refractivity contribution in [2.45, 2.75) is 77.2 Å². The third-order valence-corrected chi connectivity index (χ3v) is 4.79. The molecule has 20 heavy (non-hydrogen) atoms. The van der Waals surface area contributed by atoms with Gasteiger partial charge in [0.05, 0.1) is 12.2 Å². The van der Waals surface area contributed by atoms with E-state index in [0.29, 0.717) is 11.8 Å². The van der Waals surface area contributed by atoms with Gasteiger partial charge in [-0.05, 0) is 24.7 Å². The molecule has 0 unspecified atom stereocenters. The number of ether oxygens (including phenoxy) is 4. The third-order valence-electron chi connectivity index (χ3n) is 4.79. The topological polar surface area (TPSA) is 36.9 Å². The van der Waals surface area contributed by atoms with E-state index in [-0.39, 0.29) is 12.2 Å². The molecule has 2 fully saturated rings. The summed E-state index contributed by atoms with van der Waals surface area (Å²) in [6.45, 7) is 8.70.